The zero-order chi connectivity index (χ0) is 17.6. The van der Waals surface area contributed by atoms with E-state index in [1.807, 2.05) is 37.3 Å². The second kappa shape index (κ2) is 8.17. The minimum absolute atomic E-state index is 0.0947. The maximum atomic E-state index is 12.5. The Bertz CT molecular complexity index is 693. The standard InChI is InChI=1S/C21H27N3O/c1-17-8-6-7-11-20(17)24-14-12-23(13-15-24)18(2)21(25)22-16-19-9-4-3-5-10-19/h3-11,18H,12-16H2,1-2H3,(H,22,25). The maximum absolute atomic E-state index is 12.5. The number of carbonyl (C=O) groups is 1. The van der Waals surface area contributed by atoms with Crippen LogP contribution in [0.4, 0.5) is 5.69 Å². The van der Waals surface area contributed by atoms with Gasteiger partial charge in [-0.15, -0.1) is 0 Å². The Labute approximate surface area is 150 Å². The van der Waals surface area contributed by atoms with E-state index < -0.39 is 0 Å². The van der Waals surface area contributed by atoms with Crippen LogP contribution in [0.15, 0.2) is 54.6 Å². The molecule has 1 fully saturated rings. The molecule has 25 heavy (non-hydrogen) atoms. The molecule has 1 N–H and O–H groups in total. The minimum Gasteiger partial charge on any atom is -0.369 e. The molecule has 1 aliphatic heterocycles. The van der Waals surface area contributed by atoms with Crippen molar-refractivity contribution >= 4 is 11.6 Å². The number of nitrogens with zero attached hydrogens (tertiary/aromatic N) is 2. The molecule has 1 heterocycles. The maximum Gasteiger partial charge on any atom is 0.237 e. The van der Waals surface area contributed by atoms with Crippen LogP contribution in [0.1, 0.15) is 18.1 Å². The number of carbonyl (C=O) groups excluding carboxylic acids is 1. The molecule has 1 aliphatic rings. The summed E-state index contributed by atoms with van der Waals surface area (Å²) in [7, 11) is 0. The Hall–Kier alpha value is -2.33. The molecule has 0 spiro atoms. The summed E-state index contributed by atoms with van der Waals surface area (Å²) in [6.07, 6.45) is 0. The Kier molecular flexibility index (Phi) is 5.71. The zero-order valence-corrected chi connectivity index (χ0v) is 15.1. The fraction of sp³-hybridized carbons (Fsp3) is 0.381. The molecule has 0 saturated carbocycles. The molecule has 3 rings (SSSR count). The van der Waals surface area contributed by atoms with Gasteiger partial charge < -0.3 is 10.2 Å². The van der Waals surface area contributed by atoms with Gasteiger partial charge in [-0.2, -0.15) is 0 Å². The average Bonchev–Trinajstić information content (AvgIpc) is 2.67. The van der Waals surface area contributed by atoms with Gasteiger partial charge in [0.05, 0.1) is 6.04 Å². The van der Waals surface area contributed by atoms with Gasteiger partial charge >= 0.3 is 0 Å². The Morgan fingerprint density at radius 1 is 1.00 bits per heavy atom. The van der Waals surface area contributed by atoms with Gasteiger partial charge in [-0.1, -0.05) is 48.5 Å². The molecule has 0 radical (unpaired) electrons. The predicted molar refractivity (Wildman–Crippen MR) is 103 cm³/mol. The lowest BCUT2D eigenvalue weighted by Crippen LogP contribution is -2.54. The molecule has 1 saturated heterocycles. The highest BCUT2D eigenvalue weighted by Gasteiger charge is 2.25. The highest BCUT2D eigenvalue weighted by molar-refractivity contribution is 5.81. The first-order valence-electron chi connectivity index (χ1n) is 9.01. The summed E-state index contributed by atoms with van der Waals surface area (Å²) < 4.78 is 0. The van der Waals surface area contributed by atoms with Crippen molar-refractivity contribution in [1.29, 1.82) is 0 Å². The number of hydrogen-bond donors (Lipinski definition) is 1. The summed E-state index contributed by atoms with van der Waals surface area (Å²) in [6.45, 7) is 8.49. The number of amides is 1. The SMILES string of the molecule is Cc1ccccc1N1CCN(C(C)C(=O)NCc2ccccc2)CC1. The van der Waals surface area contributed by atoms with Crippen molar-refractivity contribution in [3.8, 4) is 0 Å². The summed E-state index contributed by atoms with van der Waals surface area (Å²) in [6, 6.07) is 18.5. The molecule has 1 atom stereocenters. The van der Waals surface area contributed by atoms with Crippen molar-refractivity contribution in [3.63, 3.8) is 0 Å². The second-order valence-corrected chi connectivity index (χ2v) is 6.69. The van der Waals surface area contributed by atoms with Crippen LogP contribution >= 0.6 is 0 Å². The second-order valence-electron chi connectivity index (χ2n) is 6.69. The molecule has 0 aromatic heterocycles. The third kappa shape index (κ3) is 4.40. The van der Waals surface area contributed by atoms with E-state index in [0.717, 1.165) is 31.7 Å². The number of anilines is 1. The largest absolute Gasteiger partial charge is 0.369 e. The molecule has 2 aromatic carbocycles. The molecular weight excluding hydrogens is 310 g/mol. The molecule has 1 unspecified atom stereocenters. The molecule has 2 aromatic rings. The van der Waals surface area contributed by atoms with E-state index >= 15 is 0 Å². The first-order chi connectivity index (χ1) is 12.1. The molecule has 132 valence electrons. The Balaban J connectivity index is 1.50. The van der Waals surface area contributed by atoms with Crippen molar-refractivity contribution in [3.05, 3.63) is 65.7 Å². The van der Waals surface area contributed by atoms with E-state index in [0.29, 0.717) is 6.54 Å². The van der Waals surface area contributed by atoms with E-state index in [1.54, 1.807) is 0 Å². The zero-order valence-electron chi connectivity index (χ0n) is 15.1. The number of rotatable bonds is 5. The summed E-state index contributed by atoms with van der Waals surface area (Å²) in [5.74, 6) is 0.105. The summed E-state index contributed by atoms with van der Waals surface area (Å²) in [4.78, 5) is 17.1. The summed E-state index contributed by atoms with van der Waals surface area (Å²) >= 11 is 0. The fourth-order valence-corrected chi connectivity index (χ4v) is 3.37. The predicted octanol–water partition coefficient (Wildman–Crippen LogP) is 2.82. The highest BCUT2D eigenvalue weighted by atomic mass is 16.2. The number of para-hydroxylation sites is 1. The monoisotopic (exact) mass is 337 g/mol. The van der Waals surface area contributed by atoms with Gasteiger partial charge in [0.15, 0.2) is 0 Å². The number of hydrogen-bond acceptors (Lipinski definition) is 3. The van der Waals surface area contributed by atoms with Crippen molar-refractivity contribution in [2.75, 3.05) is 31.1 Å². The molecule has 1 amide bonds. The molecule has 4 heteroatoms. The topological polar surface area (TPSA) is 35.6 Å². The van der Waals surface area contributed by atoms with Crippen molar-refractivity contribution in [1.82, 2.24) is 10.2 Å². The number of benzene rings is 2. The third-order valence-electron chi connectivity index (χ3n) is 5.01. The van der Waals surface area contributed by atoms with Crippen LogP contribution < -0.4 is 10.2 Å². The number of nitrogens with one attached hydrogen (secondary N) is 1. The minimum atomic E-state index is -0.0947. The highest BCUT2D eigenvalue weighted by Crippen LogP contribution is 2.21. The van der Waals surface area contributed by atoms with Crippen molar-refractivity contribution in [2.24, 2.45) is 0 Å². The van der Waals surface area contributed by atoms with Crippen molar-refractivity contribution in [2.45, 2.75) is 26.4 Å². The Morgan fingerprint density at radius 3 is 2.32 bits per heavy atom. The first-order valence-corrected chi connectivity index (χ1v) is 9.01. The van der Waals surface area contributed by atoms with Crippen LogP contribution in [0.3, 0.4) is 0 Å². The summed E-state index contributed by atoms with van der Waals surface area (Å²) in [5.41, 5.74) is 3.75. The lowest BCUT2D eigenvalue weighted by molar-refractivity contribution is -0.126. The smallest absolute Gasteiger partial charge is 0.237 e. The van der Waals surface area contributed by atoms with Crippen molar-refractivity contribution < 1.29 is 4.79 Å². The third-order valence-corrected chi connectivity index (χ3v) is 5.01. The normalized spacial score (nSPS) is 16.5. The van der Waals surface area contributed by atoms with Crippen LogP contribution in [-0.2, 0) is 11.3 Å². The van der Waals surface area contributed by atoms with E-state index in [2.05, 4.69) is 46.3 Å². The lowest BCUT2D eigenvalue weighted by atomic mass is 10.1. The van der Waals surface area contributed by atoms with Gasteiger partial charge in [0.1, 0.15) is 0 Å². The molecule has 0 aliphatic carbocycles. The lowest BCUT2D eigenvalue weighted by Gasteiger charge is -2.39. The molecule has 4 nitrogen and oxygen atoms in total. The van der Waals surface area contributed by atoms with Crippen LogP contribution in [0, 0.1) is 6.92 Å². The van der Waals surface area contributed by atoms with Crippen LogP contribution in [0.25, 0.3) is 0 Å². The van der Waals surface area contributed by atoms with E-state index in [9.17, 15) is 4.79 Å². The van der Waals surface area contributed by atoms with Crippen LogP contribution in [-0.4, -0.2) is 43.0 Å². The number of piperazine rings is 1. The van der Waals surface area contributed by atoms with Gasteiger partial charge in [0.2, 0.25) is 5.91 Å². The molecular formula is C21H27N3O. The van der Waals surface area contributed by atoms with E-state index in [1.165, 1.54) is 11.3 Å². The fourth-order valence-electron chi connectivity index (χ4n) is 3.37. The quantitative estimate of drug-likeness (QED) is 0.911. The summed E-state index contributed by atoms with van der Waals surface area (Å²) in [5, 5.41) is 3.05. The van der Waals surface area contributed by atoms with E-state index in [4.69, 9.17) is 0 Å². The average molecular weight is 337 g/mol. The van der Waals surface area contributed by atoms with Gasteiger partial charge in [0, 0.05) is 38.4 Å². The van der Waals surface area contributed by atoms with Gasteiger partial charge in [-0.3, -0.25) is 9.69 Å². The van der Waals surface area contributed by atoms with Gasteiger partial charge in [-0.05, 0) is 31.0 Å². The van der Waals surface area contributed by atoms with Gasteiger partial charge in [-0.25, -0.2) is 0 Å². The van der Waals surface area contributed by atoms with Crippen LogP contribution in [0.2, 0.25) is 0 Å². The van der Waals surface area contributed by atoms with Crippen LogP contribution in [0.5, 0.6) is 0 Å². The Morgan fingerprint density at radius 2 is 1.64 bits per heavy atom. The number of aryl methyl sites for hydroxylation is 1. The van der Waals surface area contributed by atoms with E-state index in [-0.39, 0.29) is 11.9 Å². The molecule has 0 bridgehead atoms. The van der Waals surface area contributed by atoms with Gasteiger partial charge in [0.25, 0.3) is 0 Å². The first kappa shape index (κ1) is 17.5.